The van der Waals surface area contributed by atoms with Crippen molar-refractivity contribution in [2.75, 3.05) is 6.54 Å². The molecule has 3 rings (SSSR count). The van der Waals surface area contributed by atoms with Gasteiger partial charge < -0.3 is 14.7 Å². The summed E-state index contributed by atoms with van der Waals surface area (Å²) in [5, 5.41) is 10.4. The molecule has 194 valence electrons. The minimum atomic E-state index is -2.46. The Bertz CT molecular complexity index is 984. The van der Waals surface area contributed by atoms with Gasteiger partial charge in [-0.15, -0.1) is 4.52 Å². The number of carbonyl (C=O) groups excluding carboxylic acids is 2. The number of aliphatic hydroxyl groups is 1. The average Bonchev–Trinajstić information content (AvgIpc) is 3.37. The first kappa shape index (κ1) is 28.0. The van der Waals surface area contributed by atoms with Gasteiger partial charge in [-0.3, -0.25) is 4.79 Å². The van der Waals surface area contributed by atoms with E-state index in [0.717, 1.165) is 17.5 Å². The van der Waals surface area contributed by atoms with Gasteiger partial charge in [-0.05, 0) is 53.7 Å². The summed E-state index contributed by atoms with van der Waals surface area (Å²) < 4.78 is 23.9. The Labute approximate surface area is 214 Å². The van der Waals surface area contributed by atoms with Crippen LogP contribution in [-0.2, 0) is 36.4 Å². The van der Waals surface area contributed by atoms with Crippen LogP contribution >= 0.6 is 8.03 Å². The van der Waals surface area contributed by atoms with Crippen LogP contribution in [0.15, 0.2) is 60.7 Å². The lowest BCUT2D eigenvalue weighted by atomic mass is 10.0. The zero-order valence-corrected chi connectivity index (χ0v) is 22.0. The van der Waals surface area contributed by atoms with Crippen molar-refractivity contribution in [2.45, 2.75) is 77.0 Å². The summed E-state index contributed by atoms with van der Waals surface area (Å²) in [4.78, 5) is 27.7. The van der Waals surface area contributed by atoms with Gasteiger partial charge in [0, 0.05) is 13.0 Å². The largest absolute Gasteiger partial charge is 0.541 e. The summed E-state index contributed by atoms with van der Waals surface area (Å²) in [6.45, 7) is 4.45. The smallest absolute Gasteiger partial charge is 0.459 e. The molecule has 1 heterocycles. The average molecular weight is 515 g/mol. The van der Waals surface area contributed by atoms with Crippen LogP contribution < -0.4 is 0 Å². The lowest BCUT2D eigenvalue weighted by molar-refractivity contribution is -0.156. The third kappa shape index (κ3) is 8.51. The van der Waals surface area contributed by atoms with Crippen LogP contribution in [0.4, 0.5) is 0 Å². The molecule has 1 aliphatic rings. The molecule has 8 heteroatoms. The van der Waals surface area contributed by atoms with E-state index in [4.69, 9.17) is 9.26 Å². The summed E-state index contributed by atoms with van der Waals surface area (Å²) in [5.41, 5.74) is 2.02. The topological polar surface area (TPSA) is 93.1 Å². The van der Waals surface area contributed by atoms with E-state index in [1.165, 1.54) is 4.90 Å². The highest BCUT2D eigenvalue weighted by Gasteiger charge is 2.43. The van der Waals surface area contributed by atoms with E-state index in [1.807, 2.05) is 74.5 Å². The molecule has 2 unspecified atom stereocenters. The molecule has 0 radical (unpaired) electrons. The molecule has 2 aromatic carbocycles. The maximum Gasteiger partial charge on any atom is 0.541 e. The van der Waals surface area contributed by atoms with Gasteiger partial charge in [0.2, 0.25) is 0 Å². The number of benzene rings is 2. The number of carbonyl (C=O) groups is 2. The summed E-state index contributed by atoms with van der Waals surface area (Å²) >= 11 is 0. The fraction of sp³-hybridized carbons (Fsp3) is 0.500. The van der Waals surface area contributed by atoms with Gasteiger partial charge >= 0.3 is 14.0 Å². The minimum absolute atomic E-state index is 0.101. The summed E-state index contributed by atoms with van der Waals surface area (Å²) in [6.07, 6.45) is 2.28. The molecule has 1 aliphatic heterocycles. The molecule has 0 saturated carbocycles. The van der Waals surface area contributed by atoms with Crippen LogP contribution in [0.1, 0.15) is 57.1 Å². The zero-order chi connectivity index (χ0) is 25.9. The van der Waals surface area contributed by atoms with Crippen LogP contribution in [0.5, 0.6) is 0 Å². The highest BCUT2D eigenvalue weighted by atomic mass is 31.1. The molecule has 1 N–H and O–H groups in total. The molecule has 4 atom stereocenters. The number of amides is 1. The Morgan fingerprint density at radius 2 is 1.69 bits per heavy atom. The Hall–Kier alpha value is -2.60. The van der Waals surface area contributed by atoms with E-state index in [0.29, 0.717) is 38.6 Å². The fourth-order valence-electron chi connectivity index (χ4n) is 4.34. The second-order valence-electron chi connectivity index (χ2n) is 9.65. The molecule has 0 spiro atoms. The zero-order valence-electron chi connectivity index (χ0n) is 21.1. The van der Waals surface area contributed by atoms with E-state index in [2.05, 4.69) is 0 Å². The van der Waals surface area contributed by atoms with Crippen molar-refractivity contribution in [1.29, 1.82) is 0 Å². The first-order chi connectivity index (χ1) is 17.3. The first-order valence-corrected chi connectivity index (χ1v) is 14.0. The Morgan fingerprint density at radius 3 is 2.33 bits per heavy atom. The van der Waals surface area contributed by atoms with Gasteiger partial charge in [0.1, 0.15) is 12.6 Å². The SMILES string of the molecule is CC(C)CC(O[P+](=O)[C@H](O)CCCc1ccccc1)C(=O)N1CCC[C@H]1C(=O)OCc1ccccc1. The predicted molar refractivity (Wildman–Crippen MR) is 138 cm³/mol. The van der Waals surface area contributed by atoms with Crippen molar-refractivity contribution in [3.63, 3.8) is 0 Å². The quantitative estimate of drug-likeness (QED) is 0.290. The minimum Gasteiger partial charge on any atom is -0.459 e. The normalized spacial score (nSPS) is 17.6. The van der Waals surface area contributed by atoms with Gasteiger partial charge in [-0.25, -0.2) is 4.79 Å². The number of aryl methyl sites for hydroxylation is 1. The van der Waals surface area contributed by atoms with Crippen molar-refractivity contribution in [3.8, 4) is 0 Å². The highest BCUT2D eigenvalue weighted by molar-refractivity contribution is 7.39. The van der Waals surface area contributed by atoms with Crippen LogP contribution in [-0.4, -0.2) is 46.4 Å². The molecule has 0 bridgehead atoms. The number of nitrogens with zero attached hydrogens (tertiary/aromatic N) is 1. The van der Waals surface area contributed by atoms with Crippen LogP contribution in [0.2, 0.25) is 0 Å². The molecular formula is C28H37NO6P+. The monoisotopic (exact) mass is 514 g/mol. The lowest BCUT2D eigenvalue weighted by Gasteiger charge is -2.26. The third-order valence-electron chi connectivity index (χ3n) is 6.24. The van der Waals surface area contributed by atoms with E-state index in [1.54, 1.807) is 0 Å². The highest BCUT2D eigenvalue weighted by Crippen LogP contribution is 2.35. The van der Waals surface area contributed by atoms with Crippen molar-refractivity contribution in [2.24, 2.45) is 5.92 Å². The first-order valence-electron chi connectivity index (χ1n) is 12.7. The number of esters is 1. The fourth-order valence-corrected chi connectivity index (χ4v) is 5.30. The number of rotatable bonds is 13. The maximum atomic E-state index is 13.4. The van der Waals surface area contributed by atoms with E-state index in [-0.39, 0.29) is 18.4 Å². The van der Waals surface area contributed by atoms with Gasteiger partial charge in [-0.2, -0.15) is 0 Å². The lowest BCUT2D eigenvalue weighted by Crippen LogP contribution is -2.46. The summed E-state index contributed by atoms with van der Waals surface area (Å²) in [5.74, 6) is -1.87. The Morgan fingerprint density at radius 1 is 1.06 bits per heavy atom. The van der Waals surface area contributed by atoms with Gasteiger partial charge in [0.05, 0.1) is 0 Å². The number of ether oxygens (including phenoxy) is 1. The molecule has 0 aliphatic carbocycles. The molecule has 1 saturated heterocycles. The molecule has 1 amide bonds. The van der Waals surface area contributed by atoms with Crippen LogP contribution in [0, 0.1) is 5.92 Å². The summed E-state index contributed by atoms with van der Waals surface area (Å²) in [6, 6.07) is 18.6. The molecular weight excluding hydrogens is 477 g/mol. The molecule has 2 aromatic rings. The molecule has 7 nitrogen and oxygen atoms in total. The van der Waals surface area contributed by atoms with Crippen LogP contribution in [0.3, 0.4) is 0 Å². The van der Waals surface area contributed by atoms with Crippen molar-refractivity contribution < 1.29 is 28.5 Å². The predicted octanol–water partition coefficient (Wildman–Crippen LogP) is 5.24. The number of aliphatic hydroxyl groups excluding tert-OH is 1. The van der Waals surface area contributed by atoms with E-state index in [9.17, 15) is 19.3 Å². The van der Waals surface area contributed by atoms with Crippen molar-refractivity contribution >= 4 is 19.9 Å². The van der Waals surface area contributed by atoms with Crippen molar-refractivity contribution in [1.82, 2.24) is 4.90 Å². The summed E-state index contributed by atoms with van der Waals surface area (Å²) in [7, 11) is -2.46. The third-order valence-corrected chi connectivity index (χ3v) is 7.45. The second-order valence-corrected chi connectivity index (χ2v) is 11.0. The molecule has 0 aromatic heterocycles. The Balaban J connectivity index is 1.56. The molecule has 1 fully saturated rings. The number of likely N-dealkylation sites (tertiary alicyclic amines) is 1. The van der Waals surface area contributed by atoms with Gasteiger partial charge in [-0.1, -0.05) is 74.5 Å². The van der Waals surface area contributed by atoms with Gasteiger partial charge in [0.25, 0.3) is 11.8 Å². The standard InChI is InChI=1S/C28H37NO6P/c1-21(2)19-25(35-36(33)26(30)17-9-15-22-11-5-3-6-12-22)27(31)29-18-10-16-24(29)28(32)34-20-23-13-7-4-8-14-23/h3-8,11-14,21,24-26,30H,9-10,15-20H2,1-2H3/q+1/t24-,25?,26-/m0/s1. The van der Waals surface area contributed by atoms with Crippen molar-refractivity contribution in [3.05, 3.63) is 71.8 Å². The van der Waals surface area contributed by atoms with Gasteiger partial charge in [0.15, 0.2) is 6.10 Å². The van der Waals surface area contributed by atoms with E-state index >= 15 is 0 Å². The second kappa shape index (κ2) is 14.2. The van der Waals surface area contributed by atoms with E-state index < -0.39 is 32.0 Å². The maximum absolute atomic E-state index is 13.4. The number of hydrogen-bond acceptors (Lipinski definition) is 6. The molecule has 36 heavy (non-hydrogen) atoms. The Kier molecular flexibility index (Phi) is 11.1. The van der Waals surface area contributed by atoms with Crippen LogP contribution in [0.25, 0.3) is 0 Å². The number of hydrogen-bond donors (Lipinski definition) is 1.